The fourth-order valence-corrected chi connectivity index (χ4v) is 3.25. The molecule has 1 N–H and O–H groups in total. The van der Waals surface area contributed by atoms with Crippen LogP contribution in [-0.2, 0) is 6.42 Å². The van der Waals surface area contributed by atoms with Gasteiger partial charge in [-0.3, -0.25) is 0 Å². The highest BCUT2D eigenvalue weighted by Gasteiger charge is 2.19. The van der Waals surface area contributed by atoms with Gasteiger partial charge < -0.3 is 5.32 Å². The Hall–Kier alpha value is -0.0500. The lowest BCUT2D eigenvalue weighted by atomic mass is 9.84. The van der Waals surface area contributed by atoms with Crippen LogP contribution in [0.5, 0.6) is 0 Å². The van der Waals surface area contributed by atoms with Gasteiger partial charge >= 0.3 is 0 Å². The van der Waals surface area contributed by atoms with Gasteiger partial charge in [0.2, 0.25) is 0 Å². The van der Waals surface area contributed by atoms with Gasteiger partial charge in [0.1, 0.15) is 0 Å². The van der Waals surface area contributed by atoms with Gasteiger partial charge in [0.25, 0.3) is 0 Å². The van der Waals surface area contributed by atoms with Crippen LogP contribution < -0.4 is 5.32 Å². The maximum Gasteiger partial charge on any atom is 0.0960 e. The van der Waals surface area contributed by atoms with Gasteiger partial charge in [-0.15, -0.1) is 11.3 Å². The molecular formula is C16H28ClNS. The normalized spacial score (nSPS) is 13.0. The van der Waals surface area contributed by atoms with E-state index in [-0.39, 0.29) is 5.54 Å². The van der Waals surface area contributed by atoms with Crippen LogP contribution in [0.15, 0.2) is 6.07 Å². The third-order valence-electron chi connectivity index (χ3n) is 3.41. The molecule has 0 amide bonds. The molecule has 0 aliphatic rings. The second-order valence-corrected chi connectivity index (χ2v) is 9.00. The Kier molecular flexibility index (Phi) is 5.91. The molecule has 1 heterocycles. The SMILES string of the molecule is Cc1cc(CCC(C)(C)CCNC(C)(C)C)sc1Cl. The van der Waals surface area contributed by atoms with Crippen molar-refractivity contribution in [3.63, 3.8) is 0 Å². The van der Waals surface area contributed by atoms with E-state index in [0.29, 0.717) is 5.41 Å². The number of nitrogens with one attached hydrogen (secondary N) is 1. The van der Waals surface area contributed by atoms with Crippen molar-refractivity contribution < 1.29 is 0 Å². The summed E-state index contributed by atoms with van der Waals surface area (Å²) >= 11 is 7.85. The van der Waals surface area contributed by atoms with E-state index >= 15 is 0 Å². The molecule has 0 unspecified atom stereocenters. The Morgan fingerprint density at radius 1 is 1.16 bits per heavy atom. The molecule has 0 radical (unpaired) electrons. The zero-order valence-electron chi connectivity index (χ0n) is 13.2. The van der Waals surface area contributed by atoms with E-state index in [9.17, 15) is 0 Å². The highest BCUT2D eigenvalue weighted by Crippen LogP contribution is 2.32. The summed E-state index contributed by atoms with van der Waals surface area (Å²) in [5, 5.41) is 3.57. The van der Waals surface area contributed by atoms with Crippen LogP contribution >= 0.6 is 22.9 Å². The van der Waals surface area contributed by atoms with Gasteiger partial charge in [-0.2, -0.15) is 0 Å². The molecule has 0 bridgehead atoms. The smallest absolute Gasteiger partial charge is 0.0960 e. The van der Waals surface area contributed by atoms with Crippen molar-refractivity contribution in [2.24, 2.45) is 5.41 Å². The van der Waals surface area contributed by atoms with Crippen LogP contribution in [0.4, 0.5) is 0 Å². The fraction of sp³-hybridized carbons (Fsp3) is 0.750. The third kappa shape index (κ3) is 6.78. The van der Waals surface area contributed by atoms with E-state index in [1.54, 1.807) is 11.3 Å². The standard InChI is InChI=1S/C16H28ClNS/c1-12-11-13(19-14(12)17)7-8-16(5,6)9-10-18-15(2,3)4/h11,18H,7-10H2,1-6H3. The molecule has 0 aromatic carbocycles. The minimum Gasteiger partial charge on any atom is -0.312 e. The van der Waals surface area contributed by atoms with Gasteiger partial charge in [0, 0.05) is 10.4 Å². The van der Waals surface area contributed by atoms with Gasteiger partial charge in [-0.25, -0.2) is 0 Å². The quantitative estimate of drug-likeness (QED) is 0.737. The van der Waals surface area contributed by atoms with E-state index in [4.69, 9.17) is 11.6 Å². The van der Waals surface area contributed by atoms with E-state index in [1.165, 1.54) is 23.3 Å². The van der Waals surface area contributed by atoms with Crippen LogP contribution in [-0.4, -0.2) is 12.1 Å². The number of hydrogen-bond acceptors (Lipinski definition) is 2. The average Bonchev–Trinajstić information content (AvgIpc) is 2.54. The lowest BCUT2D eigenvalue weighted by molar-refractivity contribution is 0.285. The minimum absolute atomic E-state index is 0.217. The van der Waals surface area contributed by atoms with E-state index in [1.807, 2.05) is 0 Å². The molecule has 1 rings (SSSR count). The maximum absolute atomic E-state index is 6.12. The molecule has 0 aliphatic heterocycles. The summed E-state index contributed by atoms with van der Waals surface area (Å²) in [7, 11) is 0. The first kappa shape index (κ1) is 17.0. The molecule has 19 heavy (non-hydrogen) atoms. The van der Waals surface area contributed by atoms with Gasteiger partial charge in [0.15, 0.2) is 0 Å². The molecule has 0 spiro atoms. The predicted octanol–water partition coefficient (Wildman–Crippen LogP) is 5.45. The first-order chi connectivity index (χ1) is 8.59. The van der Waals surface area contributed by atoms with Gasteiger partial charge in [0.05, 0.1) is 4.34 Å². The summed E-state index contributed by atoms with van der Waals surface area (Å²) in [5.41, 5.74) is 1.81. The Morgan fingerprint density at radius 2 is 1.79 bits per heavy atom. The molecule has 1 aromatic heterocycles. The predicted molar refractivity (Wildman–Crippen MR) is 88.5 cm³/mol. The number of hydrogen-bond donors (Lipinski definition) is 1. The van der Waals surface area contributed by atoms with Crippen molar-refractivity contribution in [1.82, 2.24) is 5.32 Å². The molecule has 1 aromatic rings. The van der Waals surface area contributed by atoms with Crippen molar-refractivity contribution in [3.05, 3.63) is 20.8 Å². The first-order valence-corrected chi connectivity index (χ1v) is 8.28. The molecule has 0 saturated heterocycles. The maximum atomic E-state index is 6.12. The summed E-state index contributed by atoms with van der Waals surface area (Å²) in [6, 6.07) is 2.23. The summed E-state index contributed by atoms with van der Waals surface area (Å²) in [4.78, 5) is 1.42. The van der Waals surface area contributed by atoms with Gasteiger partial charge in [-0.1, -0.05) is 25.4 Å². The van der Waals surface area contributed by atoms with Crippen molar-refractivity contribution in [3.8, 4) is 0 Å². The molecule has 3 heteroatoms. The monoisotopic (exact) mass is 301 g/mol. The lowest BCUT2D eigenvalue weighted by Gasteiger charge is -2.28. The van der Waals surface area contributed by atoms with Crippen LogP contribution in [0.25, 0.3) is 0 Å². The first-order valence-electron chi connectivity index (χ1n) is 7.09. The molecule has 0 atom stereocenters. The van der Waals surface area contributed by atoms with Crippen LogP contribution in [0, 0.1) is 12.3 Å². The highest BCUT2D eigenvalue weighted by atomic mass is 35.5. The Balaban J connectivity index is 2.38. The zero-order valence-corrected chi connectivity index (χ0v) is 14.8. The molecule has 0 fully saturated rings. The Bertz CT molecular complexity index is 382. The molecule has 0 saturated carbocycles. The second-order valence-electron chi connectivity index (χ2n) is 7.26. The summed E-state index contributed by atoms with van der Waals surface area (Å²) in [6.45, 7) is 14.5. The molecule has 110 valence electrons. The number of halogens is 1. The number of aryl methyl sites for hydroxylation is 2. The second kappa shape index (κ2) is 6.60. The average molecular weight is 302 g/mol. The summed E-state index contributed by atoms with van der Waals surface area (Å²) in [6.07, 6.45) is 3.57. The van der Waals surface area contributed by atoms with E-state index < -0.39 is 0 Å². The Labute approximate surface area is 127 Å². The fourth-order valence-electron chi connectivity index (χ4n) is 2.01. The topological polar surface area (TPSA) is 12.0 Å². The molecular weight excluding hydrogens is 274 g/mol. The minimum atomic E-state index is 0.217. The van der Waals surface area contributed by atoms with Crippen molar-refractivity contribution in [2.45, 2.75) is 66.3 Å². The highest BCUT2D eigenvalue weighted by molar-refractivity contribution is 7.16. The van der Waals surface area contributed by atoms with Crippen molar-refractivity contribution >= 4 is 22.9 Å². The van der Waals surface area contributed by atoms with Crippen molar-refractivity contribution in [2.75, 3.05) is 6.54 Å². The number of thiophene rings is 1. The van der Waals surface area contributed by atoms with E-state index in [2.05, 4.69) is 52.9 Å². The largest absolute Gasteiger partial charge is 0.312 e. The van der Waals surface area contributed by atoms with Crippen LogP contribution in [0.3, 0.4) is 0 Å². The summed E-state index contributed by atoms with van der Waals surface area (Å²) < 4.78 is 0.946. The molecule has 0 aliphatic carbocycles. The van der Waals surface area contributed by atoms with Crippen LogP contribution in [0.1, 0.15) is 57.9 Å². The Morgan fingerprint density at radius 3 is 2.26 bits per heavy atom. The lowest BCUT2D eigenvalue weighted by Crippen LogP contribution is -2.38. The van der Waals surface area contributed by atoms with Crippen molar-refractivity contribution in [1.29, 1.82) is 0 Å². The zero-order chi connectivity index (χ0) is 14.7. The third-order valence-corrected chi connectivity index (χ3v) is 5.03. The number of rotatable bonds is 6. The van der Waals surface area contributed by atoms with E-state index in [0.717, 1.165) is 17.3 Å². The van der Waals surface area contributed by atoms with Gasteiger partial charge in [-0.05, 0) is 70.5 Å². The molecule has 1 nitrogen and oxygen atoms in total. The van der Waals surface area contributed by atoms with Crippen LogP contribution in [0.2, 0.25) is 4.34 Å². The summed E-state index contributed by atoms with van der Waals surface area (Å²) in [5.74, 6) is 0.